The molecule has 25 heavy (non-hydrogen) atoms. The molecule has 0 saturated carbocycles. The highest BCUT2D eigenvalue weighted by molar-refractivity contribution is 7.14. The lowest BCUT2D eigenvalue weighted by molar-refractivity contribution is -0.123. The van der Waals surface area contributed by atoms with Gasteiger partial charge in [-0.1, -0.05) is 18.6 Å². The van der Waals surface area contributed by atoms with Gasteiger partial charge in [-0.2, -0.15) is 0 Å². The molecule has 0 fully saturated rings. The van der Waals surface area contributed by atoms with Crippen LogP contribution in [-0.2, 0) is 17.6 Å². The standard InChI is InChI=1S/C19H22N2O3S/c1-13-6-5-8-15(10-13)24-12-18(22)20-21-19(23)17-11-14-7-3-2-4-9-16(14)25-17/h5-6,8,10-11H,2-4,7,9,12H2,1H3,(H,20,22)(H,21,23). The van der Waals surface area contributed by atoms with Crippen molar-refractivity contribution < 1.29 is 14.3 Å². The van der Waals surface area contributed by atoms with Gasteiger partial charge in [0, 0.05) is 4.88 Å². The van der Waals surface area contributed by atoms with E-state index in [1.54, 1.807) is 6.07 Å². The third kappa shape index (κ3) is 4.82. The van der Waals surface area contributed by atoms with Crippen LogP contribution < -0.4 is 15.6 Å². The average Bonchev–Trinajstić information content (AvgIpc) is 2.89. The first-order valence-electron chi connectivity index (χ1n) is 8.52. The molecule has 0 saturated heterocycles. The number of hydrazine groups is 1. The fraction of sp³-hybridized carbons (Fsp3) is 0.368. The van der Waals surface area contributed by atoms with Crippen molar-refractivity contribution in [2.24, 2.45) is 0 Å². The minimum Gasteiger partial charge on any atom is -0.484 e. The number of thiophene rings is 1. The van der Waals surface area contributed by atoms with Crippen molar-refractivity contribution in [3.63, 3.8) is 0 Å². The summed E-state index contributed by atoms with van der Waals surface area (Å²) in [6, 6.07) is 9.42. The second-order valence-electron chi connectivity index (χ2n) is 6.23. The Kier molecular flexibility index (Phi) is 5.71. The van der Waals surface area contributed by atoms with Crippen LogP contribution in [0, 0.1) is 6.92 Å². The van der Waals surface area contributed by atoms with Gasteiger partial charge < -0.3 is 4.74 Å². The third-order valence-electron chi connectivity index (χ3n) is 4.15. The fourth-order valence-corrected chi connectivity index (χ4v) is 4.01. The molecule has 0 bridgehead atoms. The van der Waals surface area contributed by atoms with E-state index in [2.05, 4.69) is 10.9 Å². The number of amides is 2. The third-order valence-corrected chi connectivity index (χ3v) is 5.38. The quantitative estimate of drug-likeness (QED) is 0.652. The number of rotatable bonds is 4. The lowest BCUT2D eigenvalue weighted by Gasteiger charge is -2.08. The van der Waals surface area contributed by atoms with E-state index in [0.717, 1.165) is 18.4 Å². The lowest BCUT2D eigenvalue weighted by Crippen LogP contribution is -2.43. The molecule has 1 aliphatic carbocycles. The average molecular weight is 358 g/mol. The van der Waals surface area contributed by atoms with Crippen LogP contribution in [0.2, 0.25) is 0 Å². The number of carbonyl (C=O) groups is 2. The van der Waals surface area contributed by atoms with Gasteiger partial charge in [0.25, 0.3) is 11.8 Å². The van der Waals surface area contributed by atoms with Crippen LogP contribution in [0.25, 0.3) is 0 Å². The highest BCUT2D eigenvalue weighted by atomic mass is 32.1. The topological polar surface area (TPSA) is 67.4 Å². The Morgan fingerprint density at radius 3 is 2.80 bits per heavy atom. The molecule has 1 aliphatic rings. The van der Waals surface area contributed by atoms with E-state index in [-0.39, 0.29) is 12.5 Å². The van der Waals surface area contributed by atoms with Crippen LogP contribution in [0.4, 0.5) is 0 Å². The van der Waals surface area contributed by atoms with Crippen molar-refractivity contribution in [3.8, 4) is 5.75 Å². The first-order chi connectivity index (χ1) is 12.1. The molecule has 5 nitrogen and oxygen atoms in total. The summed E-state index contributed by atoms with van der Waals surface area (Å²) in [5.74, 6) is -0.0431. The van der Waals surface area contributed by atoms with Crippen molar-refractivity contribution in [3.05, 3.63) is 51.2 Å². The first-order valence-corrected chi connectivity index (χ1v) is 9.34. The van der Waals surface area contributed by atoms with Gasteiger partial charge in [-0.15, -0.1) is 11.3 Å². The molecule has 0 aliphatic heterocycles. The number of hydrogen-bond donors (Lipinski definition) is 2. The van der Waals surface area contributed by atoms with Crippen LogP contribution in [0.1, 0.15) is 44.9 Å². The van der Waals surface area contributed by atoms with Gasteiger partial charge in [0.1, 0.15) is 5.75 Å². The SMILES string of the molecule is Cc1cccc(OCC(=O)NNC(=O)c2cc3c(s2)CCCCC3)c1. The van der Waals surface area contributed by atoms with Gasteiger partial charge in [0.05, 0.1) is 4.88 Å². The molecule has 0 unspecified atom stereocenters. The molecule has 1 heterocycles. The summed E-state index contributed by atoms with van der Waals surface area (Å²) in [5, 5.41) is 0. The van der Waals surface area contributed by atoms with Crippen molar-refractivity contribution in [1.82, 2.24) is 10.9 Å². The maximum Gasteiger partial charge on any atom is 0.279 e. The summed E-state index contributed by atoms with van der Waals surface area (Å²) in [5.41, 5.74) is 7.20. The van der Waals surface area contributed by atoms with Gasteiger partial charge in [0.15, 0.2) is 6.61 Å². The number of carbonyl (C=O) groups excluding carboxylic acids is 2. The molecule has 3 rings (SSSR count). The summed E-state index contributed by atoms with van der Waals surface area (Å²) in [4.78, 5) is 26.0. The van der Waals surface area contributed by atoms with Crippen LogP contribution in [0.5, 0.6) is 5.75 Å². The number of fused-ring (bicyclic) bond motifs is 1. The molecule has 0 spiro atoms. The van der Waals surface area contributed by atoms with E-state index in [4.69, 9.17) is 4.74 Å². The van der Waals surface area contributed by atoms with Gasteiger partial charge in [-0.25, -0.2) is 0 Å². The maximum atomic E-state index is 12.2. The van der Waals surface area contributed by atoms with E-state index in [9.17, 15) is 9.59 Å². The molecule has 132 valence electrons. The minimum atomic E-state index is -0.395. The number of aryl methyl sites for hydroxylation is 3. The lowest BCUT2D eigenvalue weighted by atomic mass is 10.1. The monoisotopic (exact) mass is 358 g/mol. The molecule has 0 radical (unpaired) electrons. The minimum absolute atomic E-state index is 0.148. The molecular formula is C19H22N2O3S. The van der Waals surface area contributed by atoms with Gasteiger partial charge >= 0.3 is 0 Å². The fourth-order valence-electron chi connectivity index (χ4n) is 2.86. The largest absolute Gasteiger partial charge is 0.484 e. The van der Waals surface area contributed by atoms with Gasteiger partial charge in [-0.3, -0.25) is 20.4 Å². The molecule has 0 atom stereocenters. The van der Waals surface area contributed by atoms with E-state index >= 15 is 0 Å². The Balaban J connectivity index is 1.48. The summed E-state index contributed by atoms with van der Waals surface area (Å²) < 4.78 is 5.41. The summed E-state index contributed by atoms with van der Waals surface area (Å²) >= 11 is 1.53. The van der Waals surface area contributed by atoms with Gasteiger partial charge in [0.2, 0.25) is 0 Å². The summed E-state index contributed by atoms with van der Waals surface area (Å²) in [6.45, 7) is 1.81. The van der Waals surface area contributed by atoms with Crippen LogP contribution in [0.3, 0.4) is 0 Å². The van der Waals surface area contributed by atoms with Gasteiger partial charge in [-0.05, 0) is 61.9 Å². The Labute approximate surface area is 151 Å². The zero-order valence-corrected chi connectivity index (χ0v) is 15.1. The van der Waals surface area contributed by atoms with Crippen molar-refractivity contribution in [2.75, 3.05) is 6.61 Å². The number of hydrogen-bond acceptors (Lipinski definition) is 4. The molecule has 2 N–H and O–H groups in total. The Hall–Kier alpha value is -2.34. The number of nitrogens with one attached hydrogen (secondary N) is 2. The Morgan fingerprint density at radius 1 is 1.12 bits per heavy atom. The molecule has 1 aromatic carbocycles. The van der Waals surface area contributed by atoms with Crippen molar-refractivity contribution >= 4 is 23.2 Å². The first kappa shape index (κ1) is 17.5. The van der Waals surface area contributed by atoms with Crippen LogP contribution in [0.15, 0.2) is 30.3 Å². The van der Waals surface area contributed by atoms with E-state index in [1.165, 1.54) is 41.0 Å². The number of benzene rings is 1. The smallest absolute Gasteiger partial charge is 0.279 e. The van der Waals surface area contributed by atoms with Crippen LogP contribution in [-0.4, -0.2) is 18.4 Å². The number of ether oxygens (including phenoxy) is 1. The summed E-state index contributed by atoms with van der Waals surface area (Å²) in [7, 11) is 0. The maximum absolute atomic E-state index is 12.2. The molecule has 6 heteroatoms. The zero-order valence-electron chi connectivity index (χ0n) is 14.3. The van der Waals surface area contributed by atoms with E-state index < -0.39 is 5.91 Å². The normalized spacial score (nSPS) is 13.5. The Morgan fingerprint density at radius 2 is 1.96 bits per heavy atom. The zero-order chi connectivity index (χ0) is 17.6. The Bertz CT molecular complexity index is 746. The molecular weight excluding hydrogens is 336 g/mol. The predicted octanol–water partition coefficient (Wildman–Crippen LogP) is 3.17. The highest BCUT2D eigenvalue weighted by Crippen LogP contribution is 2.28. The second-order valence-corrected chi connectivity index (χ2v) is 7.36. The molecule has 1 aromatic heterocycles. The van der Waals surface area contributed by atoms with Crippen LogP contribution >= 0.6 is 11.3 Å². The second kappa shape index (κ2) is 8.16. The molecule has 2 amide bonds. The predicted molar refractivity (Wildman–Crippen MR) is 97.9 cm³/mol. The molecule has 2 aromatic rings. The highest BCUT2D eigenvalue weighted by Gasteiger charge is 2.16. The van der Waals surface area contributed by atoms with E-state index in [0.29, 0.717) is 10.6 Å². The summed E-state index contributed by atoms with van der Waals surface area (Å²) in [6.07, 6.45) is 5.69. The van der Waals surface area contributed by atoms with E-state index in [1.807, 2.05) is 31.2 Å². The van der Waals surface area contributed by atoms with Crippen molar-refractivity contribution in [1.29, 1.82) is 0 Å². The van der Waals surface area contributed by atoms with Crippen molar-refractivity contribution in [2.45, 2.75) is 39.0 Å².